The first-order valence-electron chi connectivity index (χ1n) is 6.68. The minimum Gasteiger partial charge on any atom is -0.434 e. The molecule has 0 aliphatic heterocycles. The van der Waals surface area contributed by atoms with Crippen molar-refractivity contribution in [1.29, 1.82) is 0 Å². The van der Waals surface area contributed by atoms with Crippen molar-refractivity contribution in [3.05, 3.63) is 65.2 Å². The predicted octanol–water partition coefficient (Wildman–Crippen LogP) is 2.32. The fraction of sp³-hybridized carbons (Fsp3) is 0.125. The molecule has 2 rings (SSSR count). The van der Waals surface area contributed by atoms with Gasteiger partial charge < -0.3 is 15.8 Å². The van der Waals surface area contributed by atoms with Crippen molar-refractivity contribution in [3.8, 4) is 5.75 Å². The van der Waals surface area contributed by atoms with Crippen LogP contribution in [-0.2, 0) is 6.54 Å². The zero-order valence-electron chi connectivity index (χ0n) is 12.0. The summed E-state index contributed by atoms with van der Waals surface area (Å²) in [4.78, 5) is 23.2. The Morgan fingerprint density at radius 3 is 2.57 bits per heavy atom. The van der Waals surface area contributed by atoms with Gasteiger partial charge in [-0.25, -0.2) is 0 Å². The van der Waals surface area contributed by atoms with E-state index in [9.17, 15) is 18.4 Å². The van der Waals surface area contributed by atoms with Gasteiger partial charge in [-0.05, 0) is 29.8 Å². The molecule has 23 heavy (non-hydrogen) atoms. The number of ether oxygens (including phenoxy) is 1. The fourth-order valence-electron chi connectivity index (χ4n) is 1.97. The highest BCUT2D eigenvalue weighted by atomic mass is 19.3. The van der Waals surface area contributed by atoms with E-state index in [0.717, 1.165) is 0 Å². The molecule has 2 amide bonds. The summed E-state index contributed by atoms with van der Waals surface area (Å²) in [6.45, 7) is -2.90. The monoisotopic (exact) mass is 320 g/mol. The third kappa shape index (κ3) is 4.50. The van der Waals surface area contributed by atoms with E-state index >= 15 is 0 Å². The quantitative estimate of drug-likeness (QED) is 0.857. The zero-order valence-corrected chi connectivity index (χ0v) is 12.0. The van der Waals surface area contributed by atoms with E-state index in [1.807, 2.05) is 0 Å². The number of amides is 2. The largest absolute Gasteiger partial charge is 0.434 e. The number of carbonyl (C=O) groups is 2. The van der Waals surface area contributed by atoms with Crippen molar-refractivity contribution in [2.24, 2.45) is 5.73 Å². The molecule has 0 aliphatic rings. The number of halogens is 2. The second-order valence-corrected chi connectivity index (χ2v) is 4.62. The van der Waals surface area contributed by atoms with Crippen LogP contribution >= 0.6 is 0 Å². The maximum Gasteiger partial charge on any atom is 0.387 e. The first-order valence-corrected chi connectivity index (χ1v) is 6.68. The summed E-state index contributed by atoms with van der Waals surface area (Å²) in [6.07, 6.45) is 0. The number of para-hydroxylation sites is 1. The minimum absolute atomic E-state index is 0.00106. The Morgan fingerprint density at radius 1 is 1.13 bits per heavy atom. The van der Waals surface area contributed by atoms with Gasteiger partial charge >= 0.3 is 6.61 Å². The molecular formula is C16H14F2N2O3. The molecule has 120 valence electrons. The normalized spacial score (nSPS) is 10.4. The Bertz CT molecular complexity index is 720. The van der Waals surface area contributed by atoms with Crippen LogP contribution in [0.15, 0.2) is 48.5 Å². The Morgan fingerprint density at radius 2 is 1.87 bits per heavy atom. The van der Waals surface area contributed by atoms with Gasteiger partial charge in [0.1, 0.15) is 5.75 Å². The van der Waals surface area contributed by atoms with Gasteiger partial charge in [0.2, 0.25) is 5.91 Å². The van der Waals surface area contributed by atoms with E-state index in [4.69, 9.17) is 5.73 Å². The van der Waals surface area contributed by atoms with Crippen LogP contribution in [0.1, 0.15) is 26.3 Å². The van der Waals surface area contributed by atoms with Gasteiger partial charge in [-0.1, -0.05) is 24.3 Å². The molecule has 5 nitrogen and oxygen atoms in total. The molecule has 0 saturated heterocycles. The lowest BCUT2D eigenvalue weighted by molar-refractivity contribution is -0.0501. The number of carbonyl (C=O) groups excluding carboxylic acids is 2. The van der Waals surface area contributed by atoms with Crippen LogP contribution in [0.25, 0.3) is 0 Å². The Kier molecular flexibility index (Phi) is 5.24. The number of hydrogen-bond donors (Lipinski definition) is 2. The summed E-state index contributed by atoms with van der Waals surface area (Å²) in [5.74, 6) is -1.34. The van der Waals surface area contributed by atoms with E-state index in [1.54, 1.807) is 30.3 Å². The van der Waals surface area contributed by atoms with E-state index in [2.05, 4.69) is 10.1 Å². The molecule has 0 unspecified atom stereocenters. The molecule has 7 heteroatoms. The highest BCUT2D eigenvalue weighted by Crippen LogP contribution is 2.20. The number of primary amides is 1. The lowest BCUT2D eigenvalue weighted by Crippen LogP contribution is -2.24. The summed E-state index contributed by atoms with van der Waals surface area (Å²) in [6, 6.07) is 12.1. The van der Waals surface area contributed by atoms with Gasteiger partial charge in [0.25, 0.3) is 5.91 Å². The van der Waals surface area contributed by atoms with Gasteiger partial charge in [0.15, 0.2) is 0 Å². The van der Waals surface area contributed by atoms with Crippen molar-refractivity contribution >= 4 is 11.8 Å². The Balaban J connectivity index is 2.08. The van der Waals surface area contributed by atoms with Gasteiger partial charge in [-0.2, -0.15) is 8.78 Å². The molecule has 0 aromatic heterocycles. The summed E-state index contributed by atoms with van der Waals surface area (Å²) < 4.78 is 29.0. The number of nitrogens with one attached hydrogen (secondary N) is 1. The topological polar surface area (TPSA) is 81.4 Å². The summed E-state index contributed by atoms with van der Waals surface area (Å²) in [5.41, 5.74) is 6.15. The molecule has 0 aliphatic carbocycles. The molecule has 2 aromatic carbocycles. The number of alkyl halides is 2. The molecule has 3 N–H and O–H groups in total. The lowest BCUT2D eigenvalue weighted by Gasteiger charge is -2.11. The first kappa shape index (κ1) is 16.4. The van der Waals surface area contributed by atoms with E-state index in [-0.39, 0.29) is 17.9 Å². The van der Waals surface area contributed by atoms with Crippen molar-refractivity contribution in [3.63, 3.8) is 0 Å². The molecular weight excluding hydrogens is 306 g/mol. The van der Waals surface area contributed by atoms with E-state index in [0.29, 0.717) is 11.1 Å². The molecule has 0 heterocycles. The van der Waals surface area contributed by atoms with Crippen LogP contribution in [0, 0.1) is 0 Å². The third-order valence-electron chi connectivity index (χ3n) is 3.01. The Labute approximate surface area is 131 Å². The fourth-order valence-corrected chi connectivity index (χ4v) is 1.97. The molecule has 0 saturated carbocycles. The van der Waals surface area contributed by atoms with Crippen LogP contribution < -0.4 is 15.8 Å². The highest BCUT2D eigenvalue weighted by Gasteiger charge is 2.15. The number of benzene rings is 2. The maximum atomic E-state index is 12.3. The van der Waals surface area contributed by atoms with Crippen molar-refractivity contribution < 1.29 is 23.1 Å². The summed E-state index contributed by atoms with van der Waals surface area (Å²) >= 11 is 0. The second-order valence-electron chi connectivity index (χ2n) is 4.62. The van der Waals surface area contributed by atoms with Gasteiger partial charge in [0.05, 0.1) is 5.56 Å². The van der Waals surface area contributed by atoms with Gasteiger partial charge in [-0.15, -0.1) is 0 Å². The van der Waals surface area contributed by atoms with Crippen LogP contribution in [-0.4, -0.2) is 18.4 Å². The van der Waals surface area contributed by atoms with Crippen molar-refractivity contribution in [1.82, 2.24) is 5.32 Å². The van der Waals surface area contributed by atoms with Crippen LogP contribution in [0.4, 0.5) is 8.78 Å². The predicted molar refractivity (Wildman–Crippen MR) is 79.2 cm³/mol. The van der Waals surface area contributed by atoms with Crippen molar-refractivity contribution in [2.45, 2.75) is 13.2 Å². The average Bonchev–Trinajstić information content (AvgIpc) is 2.53. The maximum absolute atomic E-state index is 12.3. The SMILES string of the molecule is NC(=O)c1cccc(CNC(=O)c2ccccc2OC(F)F)c1. The van der Waals surface area contributed by atoms with Gasteiger partial charge in [0, 0.05) is 12.1 Å². The van der Waals surface area contributed by atoms with Crippen molar-refractivity contribution in [2.75, 3.05) is 0 Å². The lowest BCUT2D eigenvalue weighted by atomic mass is 10.1. The molecule has 0 bridgehead atoms. The van der Waals surface area contributed by atoms with E-state index in [1.165, 1.54) is 18.2 Å². The first-order chi connectivity index (χ1) is 11.0. The van der Waals surface area contributed by atoms with Crippen LogP contribution in [0.2, 0.25) is 0 Å². The number of hydrogen-bond acceptors (Lipinski definition) is 3. The minimum atomic E-state index is -3.02. The molecule has 2 aromatic rings. The number of nitrogens with two attached hydrogens (primary N) is 1. The number of rotatable bonds is 6. The Hall–Kier alpha value is -2.96. The van der Waals surface area contributed by atoms with E-state index < -0.39 is 18.4 Å². The second kappa shape index (κ2) is 7.35. The highest BCUT2D eigenvalue weighted by molar-refractivity contribution is 5.97. The molecule has 0 spiro atoms. The zero-order chi connectivity index (χ0) is 16.8. The summed E-state index contributed by atoms with van der Waals surface area (Å²) in [7, 11) is 0. The molecule has 0 fully saturated rings. The van der Waals surface area contributed by atoms with Crippen LogP contribution in [0.5, 0.6) is 5.75 Å². The standard InChI is InChI=1S/C16H14F2N2O3/c17-16(18)23-13-7-2-1-6-12(13)15(22)20-9-10-4-3-5-11(8-10)14(19)21/h1-8,16H,9H2,(H2,19,21)(H,20,22). The summed E-state index contributed by atoms with van der Waals surface area (Å²) in [5, 5.41) is 2.58. The third-order valence-corrected chi connectivity index (χ3v) is 3.01. The smallest absolute Gasteiger partial charge is 0.387 e. The molecule has 0 radical (unpaired) electrons. The van der Waals surface area contributed by atoms with Gasteiger partial charge in [-0.3, -0.25) is 9.59 Å². The average molecular weight is 320 g/mol. The van der Waals surface area contributed by atoms with Crippen LogP contribution in [0.3, 0.4) is 0 Å². The molecule has 0 atom stereocenters.